The fourth-order valence-electron chi connectivity index (χ4n) is 1.58. The molecule has 1 N–H and O–H groups in total. The molecule has 0 spiro atoms. The molecular weight excluding hydrogens is 196 g/mol. The molecule has 1 heterocycles. The Morgan fingerprint density at radius 2 is 2.27 bits per heavy atom. The van der Waals surface area contributed by atoms with Crippen LogP contribution in [0.1, 0.15) is 37.2 Å². The third-order valence-corrected chi connectivity index (χ3v) is 2.26. The van der Waals surface area contributed by atoms with Gasteiger partial charge in [0.1, 0.15) is 11.5 Å². The molecule has 0 bridgehead atoms. The zero-order valence-corrected chi connectivity index (χ0v) is 9.24. The second-order valence-corrected chi connectivity index (χ2v) is 3.41. The predicted octanol–water partition coefficient (Wildman–Crippen LogP) is 1.79. The lowest BCUT2D eigenvalue weighted by atomic mass is 10.0. The van der Waals surface area contributed by atoms with Crippen molar-refractivity contribution < 1.29 is 14.3 Å². The zero-order valence-electron chi connectivity index (χ0n) is 9.24. The summed E-state index contributed by atoms with van der Waals surface area (Å²) in [5, 5.41) is 9.86. The monoisotopic (exact) mass is 212 g/mol. The number of hydrogen-bond donors (Lipinski definition) is 1. The van der Waals surface area contributed by atoms with Crippen molar-refractivity contribution in [3.8, 4) is 5.75 Å². The van der Waals surface area contributed by atoms with Gasteiger partial charge in [0.05, 0.1) is 24.8 Å². The fraction of sp³-hybridized carbons (Fsp3) is 0.545. The second-order valence-electron chi connectivity index (χ2n) is 3.41. The quantitative estimate of drug-likeness (QED) is 0.826. The normalized spacial score (nSPS) is 12.5. The van der Waals surface area contributed by atoms with Gasteiger partial charge in [0.2, 0.25) is 0 Å². The van der Waals surface area contributed by atoms with Gasteiger partial charge in [0, 0.05) is 0 Å². The van der Waals surface area contributed by atoms with Crippen molar-refractivity contribution in [2.45, 2.75) is 32.8 Å². The van der Waals surface area contributed by atoms with E-state index in [2.05, 4.69) is 0 Å². The molecule has 0 aliphatic rings. The van der Waals surface area contributed by atoms with E-state index in [0.717, 1.165) is 6.42 Å². The highest BCUT2D eigenvalue weighted by molar-refractivity contribution is 5.35. The Morgan fingerprint density at radius 1 is 1.60 bits per heavy atom. The molecule has 15 heavy (non-hydrogen) atoms. The molecule has 0 aromatic carbocycles. The molecule has 0 aliphatic heterocycles. The van der Waals surface area contributed by atoms with E-state index >= 15 is 0 Å². The maximum atomic E-state index is 11.1. The Balaban J connectivity index is 3.20. The summed E-state index contributed by atoms with van der Waals surface area (Å²) < 4.78 is 9.98. The van der Waals surface area contributed by atoms with E-state index in [1.54, 1.807) is 6.92 Å². The van der Waals surface area contributed by atoms with E-state index in [9.17, 15) is 9.90 Å². The van der Waals surface area contributed by atoms with Crippen LogP contribution in [0.25, 0.3) is 0 Å². The van der Waals surface area contributed by atoms with E-state index in [-0.39, 0.29) is 0 Å². The Kier molecular flexibility index (Phi) is 3.91. The van der Waals surface area contributed by atoms with E-state index in [1.165, 1.54) is 13.2 Å². The van der Waals surface area contributed by atoms with Crippen LogP contribution >= 0.6 is 0 Å². The van der Waals surface area contributed by atoms with Gasteiger partial charge in [-0.05, 0) is 13.3 Å². The average Bonchev–Trinajstić information content (AvgIpc) is 2.16. The van der Waals surface area contributed by atoms with Gasteiger partial charge in [-0.15, -0.1) is 0 Å². The molecular formula is C11H16O4. The average molecular weight is 212 g/mol. The maximum Gasteiger partial charge on any atom is 0.339 e. The van der Waals surface area contributed by atoms with E-state index in [4.69, 9.17) is 9.15 Å². The number of hydrogen-bond acceptors (Lipinski definition) is 4. The van der Waals surface area contributed by atoms with Crippen LogP contribution in [0.4, 0.5) is 0 Å². The first-order chi connectivity index (χ1) is 7.10. The first-order valence-electron chi connectivity index (χ1n) is 4.96. The van der Waals surface area contributed by atoms with Crippen molar-refractivity contribution in [3.63, 3.8) is 0 Å². The Labute approximate surface area is 88.5 Å². The maximum absolute atomic E-state index is 11.1. The third-order valence-electron chi connectivity index (χ3n) is 2.26. The first kappa shape index (κ1) is 11.8. The molecule has 84 valence electrons. The summed E-state index contributed by atoms with van der Waals surface area (Å²) in [5.41, 5.74) is 0.107. The van der Waals surface area contributed by atoms with Gasteiger partial charge in [0.25, 0.3) is 0 Å². The van der Waals surface area contributed by atoms with E-state index in [0.29, 0.717) is 23.5 Å². The van der Waals surface area contributed by atoms with Gasteiger partial charge >= 0.3 is 5.63 Å². The predicted molar refractivity (Wildman–Crippen MR) is 56.1 cm³/mol. The van der Waals surface area contributed by atoms with E-state index in [1.807, 2.05) is 6.92 Å². The number of ether oxygens (including phenoxy) is 1. The van der Waals surface area contributed by atoms with Gasteiger partial charge in [-0.1, -0.05) is 13.3 Å². The van der Waals surface area contributed by atoms with Crippen molar-refractivity contribution in [1.82, 2.24) is 0 Å². The molecule has 4 nitrogen and oxygen atoms in total. The van der Waals surface area contributed by atoms with Crippen LogP contribution in [0.15, 0.2) is 15.3 Å². The number of aryl methyl sites for hydroxylation is 1. The molecule has 1 aromatic rings. The minimum Gasteiger partial charge on any atom is -0.496 e. The van der Waals surface area contributed by atoms with Crippen molar-refractivity contribution in [2.75, 3.05) is 7.11 Å². The van der Waals surface area contributed by atoms with Crippen LogP contribution in [0, 0.1) is 6.92 Å². The van der Waals surface area contributed by atoms with Crippen molar-refractivity contribution in [3.05, 3.63) is 27.8 Å². The van der Waals surface area contributed by atoms with Crippen LogP contribution in [0.5, 0.6) is 5.75 Å². The van der Waals surface area contributed by atoms with Crippen LogP contribution < -0.4 is 10.4 Å². The van der Waals surface area contributed by atoms with Gasteiger partial charge in [0.15, 0.2) is 0 Å². The Hall–Kier alpha value is -1.29. The summed E-state index contributed by atoms with van der Waals surface area (Å²) in [7, 11) is 1.47. The number of methoxy groups -OCH3 is 1. The molecule has 0 saturated carbocycles. The van der Waals surface area contributed by atoms with Gasteiger partial charge in [-0.25, -0.2) is 4.79 Å². The molecule has 0 fully saturated rings. The molecule has 0 radical (unpaired) electrons. The number of aliphatic hydroxyl groups excluding tert-OH is 1. The summed E-state index contributed by atoms with van der Waals surface area (Å²) in [6.45, 7) is 3.63. The second kappa shape index (κ2) is 4.98. The molecule has 0 aliphatic carbocycles. The smallest absolute Gasteiger partial charge is 0.339 e. The summed E-state index contributed by atoms with van der Waals surface area (Å²) in [6, 6.07) is 1.25. The van der Waals surface area contributed by atoms with Crippen molar-refractivity contribution in [2.24, 2.45) is 0 Å². The highest BCUT2D eigenvalue weighted by Crippen LogP contribution is 2.29. The lowest BCUT2D eigenvalue weighted by molar-refractivity contribution is 0.157. The summed E-state index contributed by atoms with van der Waals surface area (Å²) in [5.74, 6) is 0.810. The van der Waals surface area contributed by atoms with Crippen LogP contribution in [-0.4, -0.2) is 12.2 Å². The van der Waals surface area contributed by atoms with Crippen LogP contribution in [0.2, 0.25) is 0 Å². The number of aliphatic hydroxyl groups is 1. The first-order valence-corrected chi connectivity index (χ1v) is 4.96. The Bertz CT molecular complexity index is 381. The summed E-state index contributed by atoms with van der Waals surface area (Å²) in [4.78, 5) is 11.1. The molecule has 4 heteroatoms. The Morgan fingerprint density at radius 3 is 2.80 bits per heavy atom. The molecule has 1 aromatic heterocycles. The topological polar surface area (TPSA) is 59.7 Å². The highest BCUT2D eigenvalue weighted by Gasteiger charge is 2.17. The summed E-state index contributed by atoms with van der Waals surface area (Å²) in [6.07, 6.45) is 0.822. The zero-order chi connectivity index (χ0) is 11.4. The van der Waals surface area contributed by atoms with Crippen LogP contribution in [0.3, 0.4) is 0 Å². The molecule has 1 atom stereocenters. The third kappa shape index (κ3) is 2.59. The highest BCUT2D eigenvalue weighted by atomic mass is 16.5. The molecule has 0 saturated heterocycles. The summed E-state index contributed by atoms with van der Waals surface area (Å²) >= 11 is 0. The van der Waals surface area contributed by atoms with Gasteiger partial charge in [-0.3, -0.25) is 0 Å². The fourth-order valence-corrected chi connectivity index (χ4v) is 1.58. The number of rotatable bonds is 4. The largest absolute Gasteiger partial charge is 0.496 e. The van der Waals surface area contributed by atoms with Gasteiger partial charge < -0.3 is 14.3 Å². The molecule has 1 rings (SSSR count). The van der Waals surface area contributed by atoms with Crippen molar-refractivity contribution in [1.29, 1.82) is 0 Å². The molecule has 0 amide bonds. The standard InChI is InChI=1S/C11H16O4/c1-4-5-8(12)11-7(2)15-10(13)6-9(11)14-3/h6,8,12H,4-5H2,1-3H3/t8-/m0/s1. The minimum atomic E-state index is -0.644. The van der Waals surface area contributed by atoms with Gasteiger partial charge in [-0.2, -0.15) is 0 Å². The lowest BCUT2D eigenvalue weighted by Crippen LogP contribution is -2.08. The minimum absolute atomic E-state index is 0.393. The lowest BCUT2D eigenvalue weighted by Gasteiger charge is -2.14. The van der Waals surface area contributed by atoms with E-state index < -0.39 is 11.7 Å². The SMILES string of the molecule is CCC[C@H](O)c1c(OC)cc(=O)oc1C. The van der Waals surface area contributed by atoms with Crippen molar-refractivity contribution >= 4 is 0 Å². The molecule has 0 unspecified atom stereocenters. The van der Waals surface area contributed by atoms with Crippen LogP contribution in [-0.2, 0) is 0 Å².